The lowest BCUT2D eigenvalue weighted by atomic mass is 10.3. The summed E-state index contributed by atoms with van der Waals surface area (Å²) in [6.07, 6.45) is 0.139. The number of hydrogen-bond acceptors (Lipinski definition) is 4. The summed E-state index contributed by atoms with van der Waals surface area (Å²) in [5.41, 5.74) is 1.14. The molecule has 0 atom stereocenters. The maximum atomic E-state index is 12.2. The van der Waals surface area contributed by atoms with Gasteiger partial charge in [-0.2, -0.15) is 0 Å². The number of aromatic nitrogens is 1. The van der Waals surface area contributed by atoms with Crippen LogP contribution >= 0.6 is 46.1 Å². The van der Waals surface area contributed by atoms with Crippen LogP contribution in [0.3, 0.4) is 0 Å². The van der Waals surface area contributed by atoms with Gasteiger partial charge in [-0.15, -0.1) is 11.3 Å². The molecule has 1 amide bonds. The van der Waals surface area contributed by atoms with Gasteiger partial charge in [-0.1, -0.05) is 40.9 Å². The zero-order valence-electron chi connectivity index (χ0n) is 13.3. The minimum absolute atomic E-state index is 0.139. The van der Waals surface area contributed by atoms with Crippen LogP contribution in [0, 0.1) is 0 Å². The summed E-state index contributed by atoms with van der Waals surface area (Å²) >= 11 is 19.3. The summed E-state index contributed by atoms with van der Waals surface area (Å²) in [7, 11) is 0. The Morgan fingerprint density at radius 2 is 1.88 bits per heavy atom. The highest BCUT2D eigenvalue weighted by Gasteiger charge is 2.11. The van der Waals surface area contributed by atoms with E-state index in [2.05, 4.69) is 10.3 Å². The fourth-order valence-corrected chi connectivity index (χ4v) is 3.31. The first kappa shape index (κ1) is 19.0. The maximum Gasteiger partial charge on any atom is 0.230 e. The molecular formula is C18H13Cl3N2O2S. The molecule has 0 bridgehead atoms. The van der Waals surface area contributed by atoms with Crippen molar-refractivity contribution < 1.29 is 9.53 Å². The van der Waals surface area contributed by atoms with E-state index in [-0.39, 0.29) is 12.3 Å². The number of rotatable bonds is 6. The SMILES string of the molecule is O=C(Cc1csc(COc2ccc(Cl)cc2)n1)Nc1cccc(Cl)c1Cl. The van der Waals surface area contributed by atoms with Crippen molar-refractivity contribution in [2.75, 3.05) is 5.32 Å². The van der Waals surface area contributed by atoms with Crippen molar-refractivity contribution in [2.45, 2.75) is 13.0 Å². The van der Waals surface area contributed by atoms with Crippen LogP contribution in [0.15, 0.2) is 47.8 Å². The Hall–Kier alpha value is -1.79. The van der Waals surface area contributed by atoms with Crippen LogP contribution in [0.5, 0.6) is 5.75 Å². The minimum atomic E-state index is -0.218. The van der Waals surface area contributed by atoms with Crippen LogP contribution in [0.25, 0.3) is 0 Å². The molecule has 0 aliphatic carbocycles. The molecule has 2 aromatic carbocycles. The molecule has 26 heavy (non-hydrogen) atoms. The number of nitrogens with zero attached hydrogens (tertiary/aromatic N) is 1. The van der Waals surface area contributed by atoms with Crippen LogP contribution in [0.1, 0.15) is 10.7 Å². The second-order valence-electron chi connectivity index (χ2n) is 5.30. The molecule has 1 heterocycles. The van der Waals surface area contributed by atoms with E-state index in [1.807, 2.05) is 5.38 Å². The zero-order chi connectivity index (χ0) is 18.5. The summed E-state index contributed by atoms with van der Waals surface area (Å²) in [5.74, 6) is 0.490. The van der Waals surface area contributed by atoms with E-state index in [1.54, 1.807) is 42.5 Å². The predicted octanol–water partition coefficient (Wildman–Crippen LogP) is 5.86. The highest BCUT2D eigenvalue weighted by Crippen LogP contribution is 2.29. The Kier molecular flexibility index (Phi) is 6.38. The lowest BCUT2D eigenvalue weighted by molar-refractivity contribution is -0.115. The first-order chi connectivity index (χ1) is 12.5. The van der Waals surface area contributed by atoms with Gasteiger partial charge in [0.05, 0.1) is 27.8 Å². The van der Waals surface area contributed by atoms with Gasteiger partial charge in [0.15, 0.2) is 0 Å². The van der Waals surface area contributed by atoms with E-state index < -0.39 is 0 Å². The van der Waals surface area contributed by atoms with E-state index >= 15 is 0 Å². The van der Waals surface area contributed by atoms with Gasteiger partial charge in [0, 0.05) is 10.4 Å². The largest absolute Gasteiger partial charge is 0.486 e. The Labute approximate surface area is 169 Å². The summed E-state index contributed by atoms with van der Waals surface area (Å²) in [5, 5.41) is 6.71. The first-order valence-corrected chi connectivity index (χ1v) is 9.58. The number of hydrogen-bond donors (Lipinski definition) is 1. The Morgan fingerprint density at radius 3 is 2.65 bits per heavy atom. The summed E-state index contributed by atoms with van der Waals surface area (Å²) in [4.78, 5) is 16.6. The van der Waals surface area contributed by atoms with E-state index in [0.29, 0.717) is 38.8 Å². The molecule has 8 heteroatoms. The summed E-state index contributed by atoms with van der Waals surface area (Å²) in [6.45, 7) is 0.327. The average Bonchev–Trinajstić information content (AvgIpc) is 3.06. The van der Waals surface area contributed by atoms with Gasteiger partial charge in [-0.25, -0.2) is 4.98 Å². The van der Waals surface area contributed by atoms with Gasteiger partial charge in [0.1, 0.15) is 17.4 Å². The predicted molar refractivity (Wildman–Crippen MR) is 107 cm³/mol. The van der Waals surface area contributed by atoms with Crippen LogP contribution in [0.4, 0.5) is 5.69 Å². The lowest BCUT2D eigenvalue weighted by Gasteiger charge is -2.07. The van der Waals surface area contributed by atoms with Gasteiger partial charge in [-0.05, 0) is 36.4 Å². The highest BCUT2D eigenvalue weighted by atomic mass is 35.5. The quantitative estimate of drug-likeness (QED) is 0.536. The molecule has 0 fully saturated rings. The van der Waals surface area contributed by atoms with Crippen molar-refractivity contribution in [1.29, 1.82) is 0 Å². The molecule has 134 valence electrons. The standard InChI is InChI=1S/C18H13Cl3N2O2S/c19-11-4-6-13(7-5-11)25-9-17-22-12(10-26-17)8-16(24)23-15-3-1-2-14(20)18(15)21/h1-7,10H,8-9H2,(H,23,24). The number of carbonyl (C=O) groups is 1. The van der Waals surface area contributed by atoms with Gasteiger partial charge in [0.25, 0.3) is 0 Å². The number of anilines is 1. The lowest BCUT2D eigenvalue weighted by Crippen LogP contribution is -2.15. The highest BCUT2D eigenvalue weighted by molar-refractivity contribution is 7.09. The number of benzene rings is 2. The van der Waals surface area contributed by atoms with Crippen molar-refractivity contribution in [3.8, 4) is 5.75 Å². The molecule has 4 nitrogen and oxygen atoms in total. The van der Waals surface area contributed by atoms with Crippen molar-refractivity contribution in [1.82, 2.24) is 4.98 Å². The number of nitrogens with one attached hydrogen (secondary N) is 1. The third kappa shape index (κ3) is 5.11. The number of ether oxygens (including phenoxy) is 1. The molecule has 0 aliphatic heterocycles. The van der Waals surface area contributed by atoms with Crippen LogP contribution in [-0.4, -0.2) is 10.9 Å². The molecule has 0 radical (unpaired) electrons. The normalized spacial score (nSPS) is 10.6. The third-order valence-corrected chi connectivity index (χ3v) is 5.28. The minimum Gasteiger partial charge on any atom is -0.486 e. The second-order valence-corrected chi connectivity index (χ2v) is 7.47. The Bertz CT molecular complexity index is 913. The monoisotopic (exact) mass is 426 g/mol. The average molecular weight is 428 g/mol. The number of carbonyl (C=O) groups excluding carboxylic acids is 1. The van der Waals surface area contributed by atoms with Crippen molar-refractivity contribution in [3.63, 3.8) is 0 Å². The zero-order valence-corrected chi connectivity index (χ0v) is 16.4. The molecule has 0 saturated carbocycles. The molecule has 3 rings (SSSR count). The van der Waals surface area contributed by atoms with E-state index in [0.717, 1.165) is 5.01 Å². The van der Waals surface area contributed by atoms with Crippen molar-refractivity contribution in [3.05, 3.63) is 73.6 Å². The van der Waals surface area contributed by atoms with Crippen molar-refractivity contribution in [2.24, 2.45) is 0 Å². The summed E-state index contributed by atoms with van der Waals surface area (Å²) < 4.78 is 5.65. The number of amides is 1. The number of halogens is 3. The van der Waals surface area contributed by atoms with Crippen LogP contribution in [0.2, 0.25) is 15.1 Å². The van der Waals surface area contributed by atoms with Gasteiger partial charge in [0.2, 0.25) is 5.91 Å². The number of thiazole rings is 1. The van der Waals surface area contributed by atoms with E-state index in [9.17, 15) is 4.79 Å². The molecule has 0 saturated heterocycles. The molecule has 1 N–H and O–H groups in total. The van der Waals surface area contributed by atoms with E-state index in [4.69, 9.17) is 39.5 Å². The van der Waals surface area contributed by atoms with Gasteiger partial charge < -0.3 is 10.1 Å². The topological polar surface area (TPSA) is 51.2 Å². The third-order valence-electron chi connectivity index (χ3n) is 3.34. The van der Waals surface area contributed by atoms with Gasteiger partial charge in [-0.3, -0.25) is 4.79 Å². The first-order valence-electron chi connectivity index (χ1n) is 7.57. The smallest absolute Gasteiger partial charge is 0.230 e. The fourth-order valence-electron chi connectivity index (χ4n) is 2.13. The molecule has 0 aliphatic rings. The molecular weight excluding hydrogens is 415 g/mol. The second kappa shape index (κ2) is 8.73. The van der Waals surface area contributed by atoms with Crippen LogP contribution < -0.4 is 10.1 Å². The molecule has 0 unspecified atom stereocenters. The Balaban J connectivity index is 1.55. The van der Waals surface area contributed by atoms with Crippen LogP contribution in [-0.2, 0) is 17.8 Å². The fraction of sp³-hybridized carbons (Fsp3) is 0.111. The molecule has 0 spiro atoms. The van der Waals surface area contributed by atoms with Gasteiger partial charge >= 0.3 is 0 Å². The Morgan fingerprint density at radius 1 is 1.12 bits per heavy atom. The molecule has 3 aromatic rings. The van der Waals surface area contributed by atoms with Crippen molar-refractivity contribution >= 4 is 57.7 Å². The van der Waals surface area contributed by atoms with E-state index in [1.165, 1.54) is 11.3 Å². The summed E-state index contributed by atoms with van der Waals surface area (Å²) in [6, 6.07) is 12.2. The molecule has 1 aromatic heterocycles. The maximum absolute atomic E-state index is 12.2.